The van der Waals surface area contributed by atoms with E-state index in [1.165, 1.54) is 0 Å². The van der Waals surface area contributed by atoms with E-state index in [1.807, 2.05) is 0 Å². The standard InChI is InChI=1S/Ca.Ga.In.Tb.Zr.8H/q+2;;;;;;;;;;;2*-1. The third kappa shape index (κ3) is 17.6. The zero-order chi connectivity index (χ0) is 0. The van der Waals surface area contributed by atoms with Gasteiger partial charge in [-0.25, -0.2) is 0 Å². The Hall–Kier alpha value is 4.94. The van der Waals surface area contributed by atoms with Gasteiger partial charge in [-0.2, -0.15) is 0 Å². The first-order chi connectivity index (χ1) is 0. The molecule has 0 aromatic rings. The van der Waals surface area contributed by atoms with Crippen molar-refractivity contribution in [2.45, 2.75) is 0 Å². The van der Waals surface area contributed by atoms with E-state index >= 15 is 0 Å². The maximum absolute atomic E-state index is 0. The van der Waals surface area contributed by atoms with Crippen LogP contribution in [0.2, 0.25) is 0 Å². The first-order valence-corrected chi connectivity index (χ1v) is 0. The van der Waals surface area contributed by atoms with E-state index in [1.54, 1.807) is 0 Å². The maximum Gasteiger partial charge on any atom is 0 e. The van der Waals surface area contributed by atoms with Gasteiger partial charge in [0.05, 0.1) is 0 Å². The van der Waals surface area contributed by atoms with Crippen molar-refractivity contribution in [3.05, 3.63) is 0 Å². The molecule has 0 saturated heterocycles. The summed E-state index contributed by atoms with van der Waals surface area (Å²) in [4.78, 5) is 0. The van der Waals surface area contributed by atoms with Gasteiger partial charge >= 0.3 is 83.4 Å². The Bertz CT molecular complexity index is 17.7. The Balaban J connectivity index is 0. The summed E-state index contributed by atoms with van der Waals surface area (Å²) < 4.78 is 0. The molecule has 0 aromatic heterocycles. The van der Waals surface area contributed by atoms with Crippen molar-refractivity contribution in [2.75, 3.05) is 0 Å². The fraction of sp³-hybridized carbons (Fsp3) is 0. The van der Waals surface area contributed by atoms with Gasteiger partial charge in [0.15, 0.2) is 0 Å². The van der Waals surface area contributed by atoms with Crippen LogP contribution in [-0.4, -0.2) is 83.4 Å². The number of hydrogen-bond donors (Lipinski definition) is 0. The minimum absolute atomic E-state index is 0. The molecule has 0 aliphatic carbocycles. The Morgan fingerprint density at radius 2 is 1.20 bits per heavy atom. The molecule has 0 atom stereocenters. The maximum atomic E-state index is 0. The molecule has 0 aliphatic heterocycles. The average molecular weight is 483 g/mol. The molecule has 0 nitrogen and oxygen atoms in total. The van der Waals surface area contributed by atoms with E-state index in [-0.39, 0.29) is 151 Å². The normalized spacial score (nSPS) is 0. The predicted octanol–water partition coefficient (Wildman–Crippen LogP) is -2.53. The molecule has 0 amide bonds. The third-order valence-electron chi connectivity index (χ3n) is 0. The molecule has 0 aromatic carbocycles. The molecule has 0 rings (SSSR count). The number of rotatable bonds is 0. The quantitative estimate of drug-likeness (QED) is 0.334. The van der Waals surface area contributed by atoms with Gasteiger partial charge < -0.3 is 2.85 Å². The van der Waals surface area contributed by atoms with Gasteiger partial charge in [-0.15, -0.1) is 0 Å². The zero-order valence-corrected chi connectivity index (χ0v) is 8.35. The van der Waals surface area contributed by atoms with Crippen LogP contribution in [0.5, 0.6) is 0 Å². The van der Waals surface area contributed by atoms with Crippen molar-refractivity contribution in [2.24, 2.45) is 0 Å². The fourth-order valence-corrected chi connectivity index (χ4v) is 0. The molecule has 1 radical (unpaired) electrons. The van der Waals surface area contributed by atoms with Crippen molar-refractivity contribution in [1.82, 2.24) is 0 Å². The molecule has 0 N–H and O–H groups in total. The van der Waals surface area contributed by atoms with Gasteiger partial charge in [-0.05, 0) is 0 Å². The van der Waals surface area contributed by atoms with E-state index in [2.05, 4.69) is 0 Å². The van der Waals surface area contributed by atoms with Crippen LogP contribution in [0.3, 0.4) is 0 Å². The molecule has 0 saturated carbocycles. The minimum atomic E-state index is 0. The molecule has 0 fully saturated rings. The van der Waals surface area contributed by atoms with Crippen molar-refractivity contribution in [3.8, 4) is 0 Å². The van der Waals surface area contributed by atoms with Gasteiger partial charge in [0.2, 0.25) is 0 Å². The van der Waals surface area contributed by atoms with Crippen LogP contribution in [0.15, 0.2) is 0 Å². The smallest absolute Gasteiger partial charge is 0 e. The van der Waals surface area contributed by atoms with Gasteiger partial charge in [0, 0.05) is 64.8 Å². The largest absolute Gasteiger partial charge is 0 e. The molecular formula is H8CaGaInTbZr. The van der Waals surface area contributed by atoms with E-state index in [9.17, 15) is 0 Å². The van der Waals surface area contributed by atoms with Crippen LogP contribution in [-0.2, 0) is 26.2 Å². The van der Waals surface area contributed by atoms with Gasteiger partial charge in [-0.3, -0.25) is 0 Å². The Kier molecular flexibility index (Phi) is 150. The number of hydrogen-bond acceptors (Lipinski definition) is 0. The van der Waals surface area contributed by atoms with Crippen molar-refractivity contribution in [1.29, 1.82) is 0 Å². The summed E-state index contributed by atoms with van der Waals surface area (Å²) in [6.45, 7) is 0. The zero-order valence-electron chi connectivity index (χ0n) is 3.54. The van der Waals surface area contributed by atoms with Crippen LogP contribution in [0.25, 0.3) is 0 Å². The van der Waals surface area contributed by atoms with Crippen LogP contribution in [0.4, 0.5) is 0 Å². The van der Waals surface area contributed by atoms with Crippen LogP contribution >= 0.6 is 0 Å². The Labute approximate surface area is 147 Å². The van der Waals surface area contributed by atoms with E-state index < -0.39 is 0 Å². The second kappa shape index (κ2) is 23.1. The fourth-order valence-electron chi connectivity index (χ4n) is 0. The van der Waals surface area contributed by atoms with E-state index in [0.717, 1.165) is 0 Å². The van der Waals surface area contributed by atoms with Crippen molar-refractivity contribution < 1.29 is 67.7 Å². The van der Waals surface area contributed by atoms with E-state index in [4.69, 9.17) is 0 Å². The average Bonchev–Trinajstić information content (AvgIpc) is 0. The summed E-state index contributed by atoms with van der Waals surface area (Å²) in [6, 6.07) is 0. The van der Waals surface area contributed by atoms with Crippen LogP contribution in [0.1, 0.15) is 2.85 Å². The minimum Gasteiger partial charge on any atom is 0 e. The summed E-state index contributed by atoms with van der Waals surface area (Å²) in [5.41, 5.74) is 0. The van der Waals surface area contributed by atoms with Gasteiger partial charge in [0.1, 0.15) is 0 Å². The molecule has 5 heteroatoms. The van der Waals surface area contributed by atoms with E-state index in [0.29, 0.717) is 0 Å². The second-order valence-corrected chi connectivity index (χ2v) is 0. The molecular weight excluding hydrogens is 475 g/mol. The second-order valence-electron chi connectivity index (χ2n) is 0. The molecule has 0 unspecified atom stereocenters. The molecule has 29 valence electrons. The van der Waals surface area contributed by atoms with Gasteiger partial charge in [-0.1, -0.05) is 0 Å². The Morgan fingerprint density at radius 3 is 1.20 bits per heavy atom. The summed E-state index contributed by atoms with van der Waals surface area (Å²) >= 11 is 0. The SMILES string of the molecule is [Ca+2].[GaH3].[H-].[H-].[InH3].[Tb].[Zr]. The topological polar surface area (TPSA) is 0 Å². The summed E-state index contributed by atoms with van der Waals surface area (Å²) in [6.07, 6.45) is 0. The Morgan fingerprint density at radius 1 is 1.20 bits per heavy atom. The third-order valence-corrected chi connectivity index (χ3v) is 0. The van der Waals surface area contributed by atoms with Crippen molar-refractivity contribution in [3.63, 3.8) is 0 Å². The first-order valence-electron chi connectivity index (χ1n) is 0. The van der Waals surface area contributed by atoms with Gasteiger partial charge in [0.25, 0.3) is 0 Å². The molecule has 0 spiro atoms. The summed E-state index contributed by atoms with van der Waals surface area (Å²) in [5, 5.41) is 0. The van der Waals surface area contributed by atoms with Crippen LogP contribution < -0.4 is 0 Å². The molecule has 0 aliphatic rings. The summed E-state index contributed by atoms with van der Waals surface area (Å²) in [7, 11) is 0. The van der Waals surface area contributed by atoms with Crippen LogP contribution in [0, 0.1) is 38.6 Å². The first kappa shape index (κ1) is 32.6. The molecule has 5 heavy (non-hydrogen) atoms. The predicted molar refractivity (Wildman–Crippen MR) is 27.9 cm³/mol. The molecule has 0 heterocycles. The molecule has 0 bridgehead atoms. The summed E-state index contributed by atoms with van der Waals surface area (Å²) in [5.74, 6) is 0. The monoisotopic (exact) mass is 481 g/mol. The van der Waals surface area contributed by atoms with Crippen molar-refractivity contribution >= 4 is 83.4 Å².